The van der Waals surface area contributed by atoms with Crippen molar-refractivity contribution in [2.45, 2.75) is 19.4 Å². The van der Waals surface area contributed by atoms with Crippen molar-refractivity contribution in [3.8, 4) is 0 Å². The minimum Gasteiger partial charge on any atom is -0.335 e. The first-order valence-electron chi connectivity index (χ1n) is 6.90. The highest BCUT2D eigenvalue weighted by atomic mass is 19.1. The fraction of sp³-hybridized carbons (Fsp3) is 0.533. The predicted molar refractivity (Wildman–Crippen MR) is 73.4 cm³/mol. The van der Waals surface area contributed by atoms with Gasteiger partial charge in [0, 0.05) is 19.6 Å². The molecule has 1 fully saturated rings. The Hall–Kier alpha value is -1.42. The van der Waals surface area contributed by atoms with E-state index >= 15 is 0 Å². The van der Waals surface area contributed by atoms with E-state index in [2.05, 4.69) is 5.32 Å². The molecule has 0 bridgehead atoms. The lowest BCUT2D eigenvalue weighted by Gasteiger charge is -2.29. The summed E-state index contributed by atoms with van der Waals surface area (Å²) >= 11 is 0. The number of nitrogens with one attached hydrogen (secondary N) is 1. The van der Waals surface area contributed by atoms with Gasteiger partial charge in [-0.25, -0.2) is 4.39 Å². The summed E-state index contributed by atoms with van der Waals surface area (Å²) in [5.74, 6) is 0.0812. The molecule has 1 aromatic carbocycles. The maximum absolute atomic E-state index is 12.7. The van der Waals surface area contributed by atoms with Crippen molar-refractivity contribution in [1.29, 1.82) is 0 Å². The third kappa shape index (κ3) is 4.03. The molecule has 0 saturated carbocycles. The average molecular weight is 264 g/mol. The van der Waals surface area contributed by atoms with E-state index in [1.54, 1.807) is 4.90 Å². The van der Waals surface area contributed by atoms with E-state index in [1.165, 1.54) is 0 Å². The molecule has 1 atom stereocenters. The molecule has 1 aromatic rings. The van der Waals surface area contributed by atoms with Gasteiger partial charge in [-0.05, 0) is 24.9 Å². The van der Waals surface area contributed by atoms with Crippen molar-refractivity contribution in [2.75, 3.05) is 26.3 Å². The molecule has 1 amide bonds. The van der Waals surface area contributed by atoms with Crippen LogP contribution in [0.4, 0.5) is 4.39 Å². The van der Waals surface area contributed by atoms with Crippen molar-refractivity contribution in [3.63, 3.8) is 0 Å². The number of carbonyl (C=O) groups excluding carboxylic acids is 1. The van der Waals surface area contributed by atoms with Gasteiger partial charge in [0.15, 0.2) is 0 Å². The van der Waals surface area contributed by atoms with Crippen molar-refractivity contribution in [2.24, 2.45) is 5.92 Å². The van der Waals surface area contributed by atoms with Crippen LogP contribution in [-0.2, 0) is 11.3 Å². The first-order valence-corrected chi connectivity index (χ1v) is 6.90. The molecule has 0 radical (unpaired) electrons. The van der Waals surface area contributed by atoms with E-state index in [1.807, 2.05) is 30.3 Å². The van der Waals surface area contributed by atoms with Gasteiger partial charge in [0.2, 0.25) is 5.91 Å². The van der Waals surface area contributed by atoms with Crippen molar-refractivity contribution >= 4 is 5.91 Å². The zero-order valence-corrected chi connectivity index (χ0v) is 11.1. The summed E-state index contributed by atoms with van der Waals surface area (Å²) in [6, 6.07) is 9.76. The van der Waals surface area contributed by atoms with E-state index in [0.29, 0.717) is 6.54 Å². The van der Waals surface area contributed by atoms with Crippen LogP contribution in [0.15, 0.2) is 30.3 Å². The summed E-state index contributed by atoms with van der Waals surface area (Å²) < 4.78 is 12.7. The molecule has 19 heavy (non-hydrogen) atoms. The van der Waals surface area contributed by atoms with E-state index < -0.39 is 6.67 Å². The van der Waals surface area contributed by atoms with Crippen LogP contribution in [0.1, 0.15) is 18.4 Å². The van der Waals surface area contributed by atoms with Gasteiger partial charge in [0.25, 0.3) is 0 Å². The highest BCUT2D eigenvalue weighted by molar-refractivity contribution is 5.79. The average Bonchev–Trinajstić information content (AvgIpc) is 2.48. The number of amides is 1. The summed E-state index contributed by atoms with van der Waals surface area (Å²) in [4.78, 5) is 14.1. The highest BCUT2D eigenvalue weighted by Crippen LogP contribution is 2.15. The number of alkyl halides is 1. The van der Waals surface area contributed by atoms with E-state index in [0.717, 1.165) is 31.5 Å². The van der Waals surface area contributed by atoms with Crippen LogP contribution in [0.2, 0.25) is 0 Å². The second-order valence-corrected chi connectivity index (χ2v) is 4.98. The Kier molecular flexibility index (Phi) is 5.33. The van der Waals surface area contributed by atoms with Crippen LogP contribution in [0.25, 0.3) is 0 Å². The molecule has 1 N–H and O–H groups in total. The molecule has 0 aromatic heterocycles. The Balaban J connectivity index is 2.00. The summed E-state index contributed by atoms with van der Waals surface area (Å²) in [5.41, 5.74) is 1.05. The minimum absolute atomic E-state index is 0.00372. The molecule has 1 heterocycles. The number of piperidine rings is 1. The molecule has 1 unspecified atom stereocenters. The molecule has 0 spiro atoms. The minimum atomic E-state index is -0.487. The van der Waals surface area contributed by atoms with Gasteiger partial charge < -0.3 is 10.2 Å². The van der Waals surface area contributed by atoms with Gasteiger partial charge in [0.05, 0.1) is 5.92 Å². The maximum atomic E-state index is 12.7. The smallest absolute Gasteiger partial charge is 0.227 e. The van der Waals surface area contributed by atoms with E-state index in [-0.39, 0.29) is 18.4 Å². The number of rotatable bonds is 5. The number of hydrogen-bond donors (Lipinski definition) is 1. The zero-order valence-electron chi connectivity index (χ0n) is 11.1. The fourth-order valence-corrected chi connectivity index (χ4v) is 2.49. The van der Waals surface area contributed by atoms with Crippen LogP contribution in [-0.4, -0.2) is 37.1 Å². The Bertz CT molecular complexity index is 390. The molecule has 1 saturated heterocycles. The quantitative estimate of drug-likeness (QED) is 0.882. The number of halogens is 1. The SMILES string of the molecule is O=C(C1CCCNC1)N(CCF)Cc1ccccc1. The second kappa shape index (κ2) is 7.24. The van der Waals surface area contributed by atoms with Gasteiger partial charge in [-0.15, -0.1) is 0 Å². The summed E-state index contributed by atoms with van der Waals surface area (Å²) in [6.45, 7) is 1.89. The largest absolute Gasteiger partial charge is 0.335 e. The van der Waals surface area contributed by atoms with Gasteiger partial charge in [0.1, 0.15) is 6.67 Å². The first kappa shape index (κ1) is 14.0. The summed E-state index contributed by atoms with van der Waals surface area (Å²) in [6.07, 6.45) is 1.93. The standard InChI is InChI=1S/C15H21FN2O/c16-8-10-18(12-13-5-2-1-3-6-13)15(19)14-7-4-9-17-11-14/h1-3,5-6,14,17H,4,7-12H2. The third-order valence-electron chi connectivity index (χ3n) is 3.53. The number of benzene rings is 1. The van der Waals surface area contributed by atoms with Crippen LogP contribution >= 0.6 is 0 Å². The van der Waals surface area contributed by atoms with Crippen molar-refractivity contribution < 1.29 is 9.18 Å². The lowest BCUT2D eigenvalue weighted by atomic mass is 9.98. The maximum Gasteiger partial charge on any atom is 0.227 e. The molecule has 1 aliphatic heterocycles. The molecule has 4 heteroatoms. The Labute approximate surface area is 113 Å². The second-order valence-electron chi connectivity index (χ2n) is 4.98. The summed E-state index contributed by atoms with van der Waals surface area (Å²) in [7, 11) is 0. The van der Waals surface area contributed by atoms with Gasteiger partial charge in [-0.3, -0.25) is 4.79 Å². The number of carbonyl (C=O) groups is 1. The fourth-order valence-electron chi connectivity index (χ4n) is 2.49. The van der Waals surface area contributed by atoms with E-state index in [4.69, 9.17) is 0 Å². The molecule has 104 valence electrons. The van der Waals surface area contributed by atoms with Gasteiger partial charge in [-0.2, -0.15) is 0 Å². The monoisotopic (exact) mass is 264 g/mol. The predicted octanol–water partition coefficient (Wildman–Crippen LogP) is 1.98. The highest BCUT2D eigenvalue weighted by Gasteiger charge is 2.25. The third-order valence-corrected chi connectivity index (χ3v) is 3.53. The molecule has 2 rings (SSSR count). The molecular weight excluding hydrogens is 243 g/mol. The van der Waals surface area contributed by atoms with Crippen LogP contribution in [0.5, 0.6) is 0 Å². The Morgan fingerprint density at radius 2 is 2.16 bits per heavy atom. The number of nitrogens with zero attached hydrogens (tertiary/aromatic N) is 1. The van der Waals surface area contributed by atoms with Crippen molar-refractivity contribution in [1.82, 2.24) is 10.2 Å². The van der Waals surface area contributed by atoms with Gasteiger partial charge in [-0.1, -0.05) is 30.3 Å². The summed E-state index contributed by atoms with van der Waals surface area (Å²) in [5, 5.41) is 3.24. The Morgan fingerprint density at radius 1 is 1.37 bits per heavy atom. The molecular formula is C15H21FN2O. The lowest BCUT2D eigenvalue weighted by Crippen LogP contribution is -2.43. The van der Waals surface area contributed by atoms with Gasteiger partial charge >= 0.3 is 0 Å². The van der Waals surface area contributed by atoms with Crippen LogP contribution < -0.4 is 5.32 Å². The topological polar surface area (TPSA) is 32.3 Å². The first-order chi connectivity index (χ1) is 9.31. The van der Waals surface area contributed by atoms with Crippen LogP contribution in [0, 0.1) is 5.92 Å². The number of hydrogen-bond acceptors (Lipinski definition) is 2. The molecule has 0 aliphatic carbocycles. The lowest BCUT2D eigenvalue weighted by molar-refractivity contribution is -0.137. The van der Waals surface area contributed by atoms with Crippen molar-refractivity contribution in [3.05, 3.63) is 35.9 Å². The molecule has 1 aliphatic rings. The van der Waals surface area contributed by atoms with E-state index in [9.17, 15) is 9.18 Å². The zero-order chi connectivity index (χ0) is 13.5. The normalized spacial score (nSPS) is 19.1. The Morgan fingerprint density at radius 3 is 2.79 bits per heavy atom. The molecule has 3 nitrogen and oxygen atoms in total. The van der Waals surface area contributed by atoms with Crippen LogP contribution in [0.3, 0.4) is 0 Å².